The van der Waals surface area contributed by atoms with Crippen LogP contribution in [-0.4, -0.2) is 5.24 Å². The molecule has 2 rings (SSSR count). The van der Waals surface area contributed by atoms with Crippen LogP contribution in [0.4, 0.5) is 0 Å². The third kappa shape index (κ3) is 1.45. The van der Waals surface area contributed by atoms with Crippen molar-refractivity contribution in [2.24, 2.45) is 0 Å². The summed E-state index contributed by atoms with van der Waals surface area (Å²) in [5.41, 5.74) is 2.19. The molecule has 0 radical (unpaired) electrons. The first-order chi connectivity index (χ1) is 6.59. The van der Waals surface area contributed by atoms with E-state index in [0.29, 0.717) is 4.88 Å². The Kier molecular flexibility index (Phi) is 2.33. The maximum absolute atomic E-state index is 11.1. The van der Waals surface area contributed by atoms with Crippen molar-refractivity contribution in [3.8, 4) is 0 Å². The lowest BCUT2D eigenvalue weighted by Gasteiger charge is -1.93. The molecule has 0 saturated carbocycles. The van der Waals surface area contributed by atoms with E-state index in [1.54, 1.807) is 0 Å². The van der Waals surface area contributed by atoms with Crippen molar-refractivity contribution in [2.45, 2.75) is 13.8 Å². The van der Waals surface area contributed by atoms with Gasteiger partial charge >= 0.3 is 0 Å². The summed E-state index contributed by atoms with van der Waals surface area (Å²) in [6, 6.07) is 6.17. The second kappa shape index (κ2) is 3.37. The lowest BCUT2D eigenvalue weighted by molar-refractivity contribution is 0.108. The zero-order valence-electron chi connectivity index (χ0n) is 7.93. The summed E-state index contributed by atoms with van der Waals surface area (Å²) in [6.07, 6.45) is 0. The van der Waals surface area contributed by atoms with Crippen LogP contribution in [-0.2, 0) is 0 Å². The van der Waals surface area contributed by atoms with Crippen LogP contribution in [0.3, 0.4) is 0 Å². The Balaban J connectivity index is 2.79. The minimum absolute atomic E-state index is 0.360. The first-order valence-electron chi connectivity index (χ1n) is 4.29. The van der Waals surface area contributed by atoms with E-state index < -0.39 is 0 Å². The van der Waals surface area contributed by atoms with Crippen molar-refractivity contribution in [1.29, 1.82) is 0 Å². The third-order valence-electron chi connectivity index (χ3n) is 2.27. The van der Waals surface area contributed by atoms with Crippen LogP contribution >= 0.6 is 22.9 Å². The van der Waals surface area contributed by atoms with Gasteiger partial charge in [0.2, 0.25) is 0 Å². The van der Waals surface area contributed by atoms with Gasteiger partial charge in [0.05, 0.1) is 4.88 Å². The molecule has 1 heterocycles. The van der Waals surface area contributed by atoms with Crippen molar-refractivity contribution in [3.63, 3.8) is 0 Å². The Bertz CT molecular complexity index is 513. The van der Waals surface area contributed by atoms with Crippen molar-refractivity contribution < 1.29 is 4.79 Å². The normalized spacial score (nSPS) is 10.8. The zero-order valence-corrected chi connectivity index (χ0v) is 9.50. The summed E-state index contributed by atoms with van der Waals surface area (Å²) in [6.45, 7) is 3.97. The van der Waals surface area contributed by atoms with Gasteiger partial charge in [0.15, 0.2) is 0 Å². The fourth-order valence-electron chi connectivity index (χ4n) is 1.52. The average molecular weight is 225 g/mol. The van der Waals surface area contributed by atoms with E-state index in [1.165, 1.54) is 16.9 Å². The molecule has 0 amide bonds. The molecule has 0 unspecified atom stereocenters. The van der Waals surface area contributed by atoms with Crippen LogP contribution in [0.1, 0.15) is 20.8 Å². The SMILES string of the molecule is Cc1ccc2c(C)c(C(=O)Cl)sc2c1. The van der Waals surface area contributed by atoms with Crippen LogP contribution in [0, 0.1) is 13.8 Å². The Labute approximate surface area is 91.3 Å². The number of hydrogen-bond acceptors (Lipinski definition) is 2. The van der Waals surface area contributed by atoms with Gasteiger partial charge in [-0.2, -0.15) is 0 Å². The second-order valence-electron chi connectivity index (χ2n) is 3.33. The van der Waals surface area contributed by atoms with Crippen LogP contribution in [0.5, 0.6) is 0 Å². The molecular formula is C11H9ClOS. The van der Waals surface area contributed by atoms with Crippen molar-refractivity contribution >= 4 is 38.3 Å². The molecule has 3 heteroatoms. The van der Waals surface area contributed by atoms with E-state index in [2.05, 4.69) is 6.07 Å². The summed E-state index contributed by atoms with van der Waals surface area (Å²) in [5, 5.41) is 0.769. The lowest BCUT2D eigenvalue weighted by atomic mass is 10.1. The van der Waals surface area contributed by atoms with Crippen LogP contribution in [0.25, 0.3) is 10.1 Å². The highest BCUT2D eigenvalue weighted by atomic mass is 35.5. The molecule has 0 aliphatic heterocycles. The fraction of sp³-hybridized carbons (Fsp3) is 0.182. The number of aryl methyl sites for hydroxylation is 2. The van der Waals surface area contributed by atoms with Gasteiger partial charge in [0, 0.05) is 4.70 Å². The highest BCUT2D eigenvalue weighted by Gasteiger charge is 2.12. The molecule has 0 bridgehead atoms. The molecule has 0 N–H and O–H groups in total. The fourth-order valence-corrected chi connectivity index (χ4v) is 2.92. The van der Waals surface area contributed by atoms with Gasteiger partial charge < -0.3 is 0 Å². The van der Waals surface area contributed by atoms with Crippen LogP contribution < -0.4 is 0 Å². The number of fused-ring (bicyclic) bond motifs is 1. The van der Waals surface area contributed by atoms with Crippen molar-refractivity contribution in [3.05, 3.63) is 34.2 Å². The Morgan fingerprint density at radius 1 is 1.36 bits per heavy atom. The first-order valence-corrected chi connectivity index (χ1v) is 5.48. The molecule has 2 aromatic rings. The molecule has 0 fully saturated rings. The standard InChI is InChI=1S/C11H9ClOS/c1-6-3-4-8-7(2)10(11(12)13)14-9(8)5-6/h3-5H,1-2H3. The minimum atomic E-state index is -0.360. The summed E-state index contributed by atoms with van der Waals surface area (Å²) in [4.78, 5) is 11.8. The van der Waals surface area contributed by atoms with E-state index in [0.717, 1.165) is 15.6 Å². The molecule has 0 spiro atoms. The van der Waals surface area contributed by atoms with E-state index in [9.17, 15) is 4.79 Å². The number of rotatable bonds is 1. The molecule has 1 nitrogen and oxygen atoms in total. The lowest BCUT2D eigenvalue weighted by Crippen LogP contribution is -1.85. The zero-order chi connectivity index (χ0) is 10.3. The quantitative estimate of drug-likeness (QED) is 0.672. The van der Waals surface area contributed by atoms with E-state index >= 15 is 0 Å². The number of benzene rings is 1. The third-order valence-corrected chi connectivity index (χ3v) is 3.83. The van der Waals surface area contributed by atoms with Gasteiger partial charge in [-0.25, -0.2) is 0 Å². The number of carbonyl (C=O) groups is 1. The number of hydrogen-bond donors (Lipinski definition) is 0. The molecular weight excluding hydrogens is 216 g/mol. The number of halogens is 1. The predicted octanol–water partition coefficient (Wildman–Crippen LogP) is 3.90. The summed E-state index contributed by atoms with van der Waals surface area (Å²) in [5.74, 6) is 0. The molecule has 0 atom stereocenters. The Morgan fingerprint density at radius 2 is 2.07 bits per heavy atom. The van der Waals surface area contributed by atoms with Gasteiger partial charge in [-0.15, -0.1) is 11.3 Å². The maximum Gasteiger partial charge on any atom is 0.262 e. The van der Waals surface area contributed by atoms with Crippen LogP contribution in [0.2, 0.25) is 0 Å². The second-order valence-corrected chi connectivity index (χ2v) is 4.72. The largest absolute Gasteiger partial charge is 0.275 e. The van der Waals surface area contributed by atoms with E-state index in [-0.39, 0.29) is 5.24 Å². The molecule has 0 aliphatic rings. The van der Waals surface area contributed by atoms with E-state index in [4.69, 9.17) is 11.6 Å². The molecule has 72 valence electrons. The minimum Gasteiger partial charge on any atom is -0.275 e. The topological polar surface area (TPSA) is 17.1 Å². The van der Waals surface area contributed by atoms with Crippen LogP contribution in [0.15, 0.2) is 18.2 Å². The van der Waals surface area contributed by atoms with Gasteiger partial charge in [-0.3, -0.25) is 4.79 Å². The number of carbonyl (C=O) groups excluding carboxylic acids is 1. The first kappa shape index (κ1) is 9.69. The van der Waals surface area contributed by atoms with Gasteiger partial charge in [-0.1, -0.05) is 12.1 Å². The predicted molar refractivity (Wildman–Crippen MR) is 61.5 cm³/mol. The average Bonchev–Trinajstić information content (AvgIpc) is 2.43. The van der Waals surface area contributed by atoms with Gasteiger partial charge in [0.25, 0.3) is 5.24 Å². The van der Waals surface area contributed by atoms with Crippen molar-refractivity contribution in [2.75, 3.05) is 0 Å². The molecule has 14 heavy (non-hydrogen) atoms. The maximum atomic E-state index is 11.1. The van der Waals surface area contributed by atoms with Gasteiger partial charge in [-0.05, 0) is 48.0 Å². The molecule has 0 aliphatic carbocycles. The smallest absolute Gasteiger partial charge is 0.262 e. The Hall–Kier alpha value is -0.860. The Morgan fingerprint density at radius 3 is 2.71 bits per heavy atom. The molecule has 0 saturated heterocycles. The molecule has 1 aromatic carbocycles. The summed E-state index contributed by atoms with van der Waals surface area (Å²) >= 11 is 6.96. The summed E-state index contributed by atoms with van der Waals surface area (Å²) in [7, 11) is 0. The molecule has 1 aromatic heterocycles. The highest BCUT2D eigenvalue weighted by molar-refractivity contribution is 7.22. The van der Waals surface area contributed by atoms with Crippen molar-refractivity contribution in [1.82, 2.24) is 0 Å². The van der Waals surface area contributed by atoms with Gasteiger partial charge in [0.1, 0.15) is 0 Å². The van der Waals surface area contributed by atoms with E-state index in [1.807, 2.05) is 26.0 Å². The number of thiophene rings is 1. The summed E-state index contributed by atoms with van der Waals surface area (Å²) < 4.78 is 1.13. The monoisotopic (exact) mass is 224 g/mol. The highest BCUT2D eigenvalue weighted by Crippen LogP contribution is 2.32.